The monoisotopic (exact) mass is 212 g/mol. The molecule has 4 heteroatoms. The number of nitrogens with zero attached hydrogens (tertiary/aromatic N) is 2. The van der Waals surface area contributed by atoms with Crippen molar-refractivity contribution in [2.75, 3.05) is 19.6 Å². The van der Waals surface area contributed by atoms with E-state index in [-0.39, 0.29) is 0 Å². The highest BCUT2D eigenvalue weighted by molar-refractivity contribution is 5.65. The fourth-order valence-electron chi connectivity index (χ4n) is 2.61. The zero-order chi connectivity index (χ0) is 10.8. The molecule has 1 saturated carbocycles. The number of hydrogen-bond donors (Lipinski definition) is 1. The summed E-state index contributed by atoms with van der Waals surface area (Å²) < 4.78 is 0. The third kappa shape index (κ3) is 2.43. The van der Waals surface area contributed by atoms with Gasteiger partial charge in [-0.2, -0.15) is 0 Å². The number of likely N-dealkylation sites (tertiary alicyclic amines) is 1. The van der Waals surface area contributed by atoms with Crippen LogP contribution in [0.25, 0.3) is 0 Å². The SMILES string of the molecule is CCN(C1CC1)C1CCN(C(=O)O)CC1. The van der Waals surface area contributed by atoms with Gasteiger partial charge in [0.25, 0.3) is 0 Å². The summed E-state index contributed by atoms with van der Waals surface area (Å²) in [5.74, 6) is 0. The first-order chi connectivity index (χ1) is 7.22. The van der Waals surface area contributed by atoms with Gasteiger partial charge in [-0.05, 0) is 32.2 Å². The highest BCUT2D eigenvalue weighted by Crippen LogP contribution is 2.31. The smallest absolute Gasteiger partial charge is 0.407 e. The lowest BCUT2D eigenvalue weighted by Gasteiger charge is -2.37. The summed E-state index contributed by atoms with van der Waals surface area (Å²) in [5, 5.41) is 8.85. The molecular weight excluding hydrogens is 192 g/mol. The molecule has 0 aromatic rings. The van der Waals surface area contributed by atoms with E-state index in [2.05, 4.69) is 11.8 Å². The Hall–Kier alpha value is -0.770. The largest absolute Gasteiger partial charge is 0.465 e. The first-order valence-electron chi connectivity index (χ1n) is 5.96. The molecule has 0 atom stereocenters. The van der Waals surface area contributed by atoms with Crippen molar-refractivity contribution in [1.29, 1.82) is 0 Å². The van der Waals surface area contributed by atoms with Crippen LogP contribution >= 0.6 is 0 Å². The zero-order valence-corrected chi connectivity index (χ0v) is 9.35. The van der Waals surface area contributed by atoms with Crippen LogP contribution in [-0.2, 0) is 0 Å². The van der Waals surface area contributed by atoms with Crippen molar-refractivity contribution >= 4 is 6.09 Å². The third-order valence-corrected chi connectivity index (χ3v) is 3.59. The second-order valence-electron chi connectivity index (χ2n) is 4.56. The van der Waals surface area contributed by atoms with Gasteiger partial charge in [-0.15, -0.1) is 0 Å². The summed E-state index contributed by atoms with van der Waals surface area (Å²) in [7, 11) is 0. The van der Waals surface area contributed by atoms with Crippen LogP contribution in [0.3, 0.4) is 0 Å². The van der Waals surface area contributed by atoms with Crippen molar-refractivity contribution in [1.82, 2.24) is 9.80 Å². The molecule has 1 heterocycles. The van der Waals surface area contributed by atoms with E-state index in [9.17, 15) is 4.79 Å². The average Bonchev–Trinajstić information content (AvgIpc) is 3.04. The maximum absolute atomic E-state index is 10.8. The summed E-state index contributed by atoms with van der Waals surface area (Å²) in [5.41, 5.74) is 0. The van der Waals surface area contributed by atoms with Gasteiger partial charge < -0.3 is 10.0 Å². The molecule has 0 aromatic heterocycles. The third-order valence-electron chi connectivity index (χ3n) is 3.59. The quantitative estimate of drug-likeness (QED) is 0.773. The molecular formula is C11H20N2O2. The van der Waals surface area contributed by atoms with Crippen molar-refractivity contribution in [3.05, 3.63) is 0 Å². The van der Waals surface area contributed by atoms with E-state index in [0.717, 1.165) is 25.4 Å². The lowest BCUT2D eigenvalue weighted by Crippen LogP contribution is -2.47. The highest BCUT2D eigenvalue weighted by atomic mass is 16.4. The number of amides is 1. The van der Waals surface area contributed by atoms with E-state index in [1.165, 1.54) is 17.7 Å². The molecule has 0 unspecified atom stereocenters. The van der Waals surface area contributed by atoms with Crippen LogP contribution in [-0.4, -0.2) is 52.7 Å². The highest BCUT2D eigenvalue weighted by Gasteiger charge is 2.34. The number of rotatable bonds is 3. The van der Waals surface area contributed by atoms with Gasteiger partial charge in [-0.25, -0.2) is 4.79 Å². The molecule has 15 heavy (non-hydrogen) atoms. The van der Waals surface area contributed by atoms with E-state index in [0.29, 0.717) is 19.1 Å². The Balaban J connectivity index is 1.83. The van der Waals surface area contributed by atoms with Crippen LogP contribution < -0.4 is 0 Å². The van der Waals surface area contributed by atoms with Crippen molar-refractivity contribution in [2.24, 2.45) is 0 Å². The molecule has 0 spiro atoms. The van der Waals surface area contributed by atoms with Crippen LogP contribution in [0.2, 0.25) is 0 Å². The van der Waals surface area contributed by atoms with Crippen molar-refractivity contribution in [2.45, 2.75) is 44.7 Å². The maximum atomic E-state index is 10.8. The van der Waals surface area contributed by atoms with Gasteiger partial charge in [0, 0.05) is 25.2 Å². The minimum Gasteiger partial charge on any atom is -0.465 e. The molecule has 86 valence electrons. The van der Waals surface area contributed by atoms with Crippen molar-refractivity contribution in [3.8, 4) is 0 Å². The predicted molar refractivity (Wildman–Crippen MR) is 58.0 cm³/mol. The topological polar surface area (TPSA) is 43.8 Å². The Morgan fingerprint density at radius 2 is 1.80 bits per heavy atom. The number of carboxylic acid groups (broad SMARTS) is 1. The normalized spacial score (nSPS) is 23.5. The summed E-state index contributed by atoms with van der Waals surface area (Å²) in [6, 6.07) is 1.43. The van der Waals surface area contributed by atoms with E-state index in [4.69, 9.17) is 5.11 Å². The molecule has 1 aliphatic heterocycles. The van der Waals surface area contributed by atoms with E-state index < -0.39 is 6.09 Å². The molecule has 2 fully saturated rings. The van der Waals surface area contributed by atoms with Gasteiger partial charge in [0.15, 0.2) is 0 Å². The van der Waals surface area contributed by atoms with Gasteiger partial charge in [-0.3, -0.25) is 4.90 Å². The fraction of sp³-hybridized carbons (Fsp3) is 0.909. The zero-order valence-electron chi connectivity index (χ0n) is 9.35. The minimum absolute atomic E-state index is 0.623. The molecule has 2 aliphatic rings. The van der Waals surface area contributed by atoms with Crippen LogP contribution in [0.15, 0.2) is 0 Å². The molecule has 1 saturated heterocycles. The Kier molecular flexibility index (Phi) is 3.14. The van der Waals surface area contributed by atoms with Crippen molar-refractivity contribution < 1.29 is 9.90 Å². The molecule has 1 aliphatic carbocycles. The predicted octanol–water partition coefficient (Wildman–Crippen LogP) is 1.61. The first kappa shape index (κ1) is 10.7. The Morgan fingerprint density at radius 1 is 1.27 bits per heavy atom. The number of hydrogen-bond acceptors (Lipinski definition) is 2. The number of carbonyl (C=O) groups is 1. The van der Waals surface area contributed by atoms with Gasteiger partial charge in [0.1, 0.15) is 0 Å². The Labute approximate surface area is 90.9 Å². The van der Waals surface area contributed by atoms with Crippen molar-refractivity contribution in [3.63, 3.8) is 0 Å². The molecule has 0 radical (unpaired) electrons. The lowest BCUT2D eigenvalue weighted by atomic mass is 10.0. The Bertz CT molecular complexity index is 233. The summed E-state index contributed by atoms with van der Waals surface area (Å²) >= 11 is 0. The molecule has 1 N–H and O–H groups in total. The second-order valence-corrected chi connectivity index (χ2v) is 4.56. The second kappa shape index (κ2) is 4.39. The van der Waals surface area contributed by atoms with Crippen LogP contribution in [0.4, 0.5) is 4.79 Å². The standard InChI is InChI=1S/C11H20N2O2/c1-2-13(9-3-4-9)10-5-7-12(8-6-10)11(14)15/h9-10H,2-8H2,1H3,(H,14,15). The molecule has 2 rings (SSSR count). The van der Waals surface area contributed by atoms with Gasteiger partial charge in [0.05, 0.1) is 0 Å². The summed E-state index contributed by atoms with van der Waals surface area (Å²) in [4.78, 5) is 14.9. The van der Waals surface area contributed by atoms with Crippen LogP contribution in [0, 0.1) is 0 Å². The fourth-order valence-corrected chi connectivity index (χ4v) is 2.61. The van der Waals surface area contributed by atoms with E-state index in [1.807, 2.05) is 0 Å². The lowest BCUT2D eigenvalue weighted by molar-refractivity contribution is 0.0938. The molecule has 0 bridgehead atoms. The molecule has 1 amide bonds. The van der Waals surface area contributed by atoms with Gasteiger partial charge in [0.2, 0.25) is 0 Å². The summed E-state index contributed by atoms with van der Waals surface area (Å²) in [6.07, 6.45) is 3.94. The van der Waals surface area contributed by atoms with E-state index >= 15 is 0 Å². The minimum atomic E-state index is -0.761. The number of piperidine rings is 1. The molecule has 4 nitrogen and oxygen atoms in total. The van der Waals surface area contributed by atoms with Gasteiger partial charge >= 0.3 is 6.09 Å². The molecule has 0 aromatic carbocycles. The summed E-state index contributed by atoms with van der Waals surface area (Å²) in [6.45, 7) is 4.75. The maximum Gasteiger partial charge on any atom is 0.407 e. The van der Waals surface area contributed by atoms with Gasteiger partial charge in [-0.1, -0.05) is 6.92 Å². The van der Waals surface area contributed by atoms with Crippen LogP contribution in [0.5, 0.6) is 0 Å². The van der Waals surface area contributed by atoms with Crippen LogP contribution in [0.1, 0.15) is 32.6 Å². The van der Waals surface area contributed by atoms with E-state index in [1.54, 1.807) is 0 Å². The average molecular weight is 212 g/mol. The first-order valence-corrected chi connectivity index (χ1v) is 5.96. The Morgan fingerprint density at radius 3 is 2.20 bits per heavy atom.